The minimum Gasteiger partial charge on any atom is -0.375 e. The van der Waals surface area contributed by atoms with Crippen molar-refractivity contribution in [2.75, 3.05) is 6.61 Å². The van der Waals surface area contributed by atoms with Crippen LogP contribution in [-0.4, -0.2) is 22.5 Å². The molecule has 1 N–H and O–H groups in total. The largest absolute Gasteiger partial charge is 0.375 e. The predicted octanol–water partition coefficient (Wildman–Crippen LogP) is 4.54. The summed E-state index contributed by atoms with van der Waals surface area (Å²) in [4.78, 5) is 21.8. The number of carbonyl (C=O) groups excluding carboxylic acids is 1. The van der Waals surface area contributed by atoms with Crippen molar-refractivity contribution in [2.45, 2.75) is 25.5 Å². The molecule has 6 nitrogen and oxygen atoms in total. The van der Waals surface area contributed by atoms with E-state index in [4.69, 9.17) is 4.74 Å². The summed E-state index contributed by atoms with van der Waals surface area (Å²) in [6.07, 6.45) is 3.57. The van der Waals surface area contributed by atoms with Gasteiger partial charge in [0.05, 0.1) is 43.2 Å². The van der Waals surface area contributed by atoms with Crippen molar-refractivity contribution in [3.05, 3.63) is 95.4 Å². The van der Waals surface area contributed by atoms with Gasteiger partial charge in [-0.3, -0.25) is 14.8 Å². The second-order valence-corrected chi connectivity index (χ2v) is 8.45. The van der Waals surface area contributed by atoms with Gasteiger partial charge in [0.2, 0.25) is 0 Å². The Morgan fingerprint density at radius 2 is 1.94 bits per heavy atom. The summed E-state index contributed by atoms with van der Waals surface area (Å²) in [7, 11) is 0. The van der Waals surface area contributed by atoms with E-state index in [1.54, 1.807) is 18.3 Å². The highest BCUT2D eigenvalue weighted by Crippen LogP contribution is 2.32. The fourth-order valence-electron chi connectivity index (χ4n) is 4.13. The average molecular weight is 434 g/mol. The molecule has 0 aliphatic carbocycles. The zero-order chi connectivity index (χ0) is 22.8. The summed E-state index contributed by atoms with van der Waals surface area (Å²) < 4.78 is 5.54. The Morgan fingerprint density at radius 3 is 2.76 bits per heavy atom. The summed E-state index contributed by atoms with van der Waals surface area (Å²) in [5, 5.41) is 13.5. The number of nitrogens with zero attached hydrogens (tertiary/aromatic N) is 3. The van der Waals surface area contributed by atoms with Gasteiger partial charge in [0.25, 0.3) is 5.91 Å². The standard InChI is InChI=1S/C27H22N4O2/c1-27(16-28)17-33-15-20-8-7-19(11-24(20)27)26(32)31-13-23-10-21-9-22(12-30-25(21)14-29-23)18-5-3-2-4-6-18/h2-12,14H,13,15,17H2,1H3,(H,31,32)/t27-/m1/s1. The van der Waals surface area contributed by atoms with Crippen molar-refractivity contribution in [3.8, 4) is 17.2 Å². The molecule has 4 aromatic rings. The van der Waals surface area contributed by atoms with Gasteiger partial charge in [-0.25, -0.2) is 0 Å². The van der Waals surface area contributed by atoms with Gasteiger partial charge in [-0.2, -0.15) is 5.26 Å². The summed E-state index contributed by atoms with van der Waals surface area (Å²) in [5.74, 6) is -0.206. The van der Waals surface area contributed by atoms with Crippen LogP contribution >= 0.6 is 0 Å². The summed E-state index contributed by atoms with van der Waals surface area (Å²) in [6.45, 7) is 2.90. The van der Waals surface area contributed by atoms with Crippen LogP contribution in [0.15, 0.2) is 73.1 Å². The summed E-state index contributed by atoms with van der Waals surface area (Å²) in [6, 6.07) is 21.9. The molecule has 33 heavy (non-hydrogen) atoms. The average Bonchev–Trinajstić information content (AvgIpc) is 2.87. The lowest BCUT2D eigenvalue weighted by Gasteiger charge is -2.30. The number of hydrogen-bond acceptors (Lipinski definition) is 5. The molecule has 0 radical (unpaired) electrons. The van der Waals surface area contributed by atoms with Crippen LogP contribution in [0.3, 0.4) is 0 Å². The van der Waals surface area contributed by atoms with Gasteiger partial charge < -0.3 is 10.1 Å². The van der Waals surface area contributed by atoms with E-state index in [-0.39, 0.29) is 5.91 Å². The lowest BCUT2D eigenvalue weighted by atomic mass is 9.79. The van der Waals surface area contributed by atoms with Crippen LogP contribution < -0.4 is 5.32 Å². The number of nitriles is 1. The number of fused-ring (bicyclic) bond motifs is 2. The van der Waals surface area contributed by atoms with Crippen molar-refractivity contribution < 1.29 is 9.53 Å². The topological polar surface area (TPSA) is 87.9 Å². The molecule has 1 amide bonds. The van der Waals surface area contributed by atoms with Crippen LogP contribution in [0.5, 0.6) is 0 Å². The number of carbonyl (C=O) groups is 1. The van der Waals surface area contributed by atoms with Gasteiger partial charge in [-0.05, 0) is 47.9 Å². The van der Waals surface area contributed by atoms with Crippen LogP contribution in [0.4, 0.5) is 0 Å². The lowest BCUT2D eigenvalue weighted by molar-refractivity contribution is 0.0757. The third-order valence-electron chi connectivity index (χ3n) is 6.02. The molecule has 0 saturated heterocycles. The van der Waals surface area contributed by atoms with Crippen molar-refractivity contribution in [1.29, 1.82) is 5.26 Å². The molecule has 2 aromatic heterocycles. The van der Waals surface area contributed by atoms with Gasteiger partial charge in [0.1, 0.15) is 5.41 Å². The van der Waals surface area contributed by atoms with E-state index in [0.717, 1.165) is 38.9 Å². The fourth-order valence-corrected chi connectivity index (χ4v) is 4.13. The highest BCUT2D eigenvalue weighted by molar-refractivity contribution is 5.94. The second kappa shape index (κ2) is 8.45. The lowest BCUT2D eigenvalue weighted by Crippen LogP contribution is -2.33. The molecule has 162 valence electrons. The first-order valence-electron chi connectivity index (χ1n) is 10.8. The molecular weight excluding hydrogens is 412 g/mol. The molecule has 0 spiro atoms. The Hall–Kier alpha value is -4.08. The van der Waals surface area contributed by atoms with Crippen molar-refractivity contribution in [1.82, 2.24) is 15.3 Å². The number of benzene rings is 2. The molecule has 0 fully saturated rings. The van der Waals surface area contributed by atoms with Crippen LogP contribution in [0.1, 0.15) is 34.1 Å². The zero-order valence-corrected chi connectivity index (χ0v) is 18.2. The Labute approximate surface area is 191 Å². The minimum atomic E-state index is -0.757. The van der Waals surface area contributed by atoms with E-state index >= 15 is 0 Å². The van der Waals surface area contributed by atoms with Gasteiger partial charge in [-0.15, -0.1) is 0 Å². The smallest absolute Gasteiger partial charge is 0.251 e. The molecular formula is C27H22N4O2. The van der Waals surface area contributed by atoms with Gasteiger partial charge in [0, 0.05) is 22.7 Å². The Kier molecular flexibility index (Phi) is 5.33. The monoisotopic (exact) mass is 434 g/mol. The zero-order valence-electron chi connectivity index (χ0n) is 18.2. The maximum atomic E-state index is 12.8. The number of rotatable bonds is 4. The predicted molar refractivity (Wildman–Crippen MR) is 125 cm³/mol. The highest BCUT2D eigenvalue weighted by atomic mass is 16.5. The van der Waals surface area contributed by atoms with E-state index in [1.165, 1.54) is 0 Å². The number of aromatic nitrogens is 2. The van der Waals surface area contributed by atoms with Crippen molar-refractivity contribution in [2.24, 2.45) is 0 Å². The molecule has 5 rings (SSSR count). The molecule has 0 bridgehead atoms. The number of amides is 1. The van der Waals surface area contributed by atoms with Gasteiger partial charge in [-0.1, -0.05) is 36.4 Å². The first-order valence-corrected chi connectivity index (χ1v) is 10.8. The van der Waals surface area contributed by atoms with Gasteiger partial charge in [0.15, 0.2) is 0 Å². The first-order chi connectivity index (χ1) is 16.1. The Bertz CT molecular complexity index is 1390. The Morgan fingerprint density at radius 1 is 1.09 bits per heavy atom. The number of pyridine rings is 2. The van der Waals surface area contributed by atoms with Crippen LogP contribution in [0.2, 0.25) is 0 Å². The van der Waals surface area contributed by atoms with E-state index < -0.39 is 5.41 Å². The van der Waals surface area contributed by atoms with Crippen molar-refractivity contribution >= 4 is 16.8 Å². The molecule has 0 unspecified atom stereocenters. The van der Waals surface area contributed by atoms with E-state index in [1.807, 2.05) is 55.6 Å². The molecule has 0 saturated carbocycles. The normalized spacial score (nSPS) is 17.2. The van der Waals surface area contributed by atoms with Crippen LogP contribution in [-0.2, 0) is 23.3 Å². The van der Waals surface area contributed by atoms with Gasteiger partial charge >= 0.3 is 0 Å². The van der Waals surface area contributed by atoms with E-state index in [2.05, 4.69) is 27.4 Å². The second-order valence-electron chi connectivity index (χ2n) is 8.45. The van der Waals surface area contributed by atoms with Crippen molar-refractivity contribution in [3.63, 3.8) is 0 Å². The highest BCUT2D eigenvalue weighted by Gasteiger charge is 2.33. The molecule has 2 aromatic carbocycles. The minimum absolute atomic E-state index is 0.206. The fraction of sp³-hybridized carbons (Fsp3) is 0.185. The quantitative estimate of drug-likeness (QED) is 0.510. The van der Waals surface area contributed by atoms with E-state index in [0.29, 0.717) is 25.3 Å². The first kappa shape index (κ1) is 20.8. The third-order valence-corrected chi connectivity index (χ3v) is 6.02. The third kappa shape index (κ3) is 4.07. The SMILES string of the molecule is C[C@@]1(C#N)COCc2ccc(C(=O)NCc3cc4cc(-c5ccccc5)cnc4cn3)cc21. The number of ether oxygens (including phenoxy) is 1. The maximum Gasteiger partial charge on any atom is 0.251 e. The molecule has 6 heteroatoms. The molecule has 1 atom stereocenters. The van der Waals surface area contributed by atoms with E-state index in [9.17, 15) is 10.1 Å². The van der Waals surface area contributed by atoms with Crippen LogP contribution in [0, 0.1) is 11.3 Å². The summed E-state index contributed by atoms with van der Waals surface area (Å²) in [5.41, 5.74) is 5.24. The number of hydrogen-bond donors (Lipinski definition) is 1. The molecule has 3 heterocycles. The summed E-state index contributed by atoms with van der Waals surface area (Å²) >= 11 is 0. The molecule has 1 aliphatic rings. The Balaban J connectivity index is 1.35. The number of nitrogens with one attached hydrogen (secondary N) is 1. The molecule has 1 aliphatic heterocycles. The maximum absolute atomic E-state index is 12.8. The van der Waals surface area contributed by atoms with Crippen LogP contribution in [0.25, 0.3) is 22.0 Å².